The van der Waals surface area contributed by atoms with Crippen LogP contribution in [0.3, 0.4) is 0 Å². The number of hydrogen-bond acceptors (Lipinski definition) is 6. The van der Waals surface area contributed by atoms with Crippen molar-refractivity contribution in [1.82, 2.24) is 20.0 Å². The van der Waals surface area contributed by atoms with E-state index in [0.717, 1.165) is 46.8 Å². The van der Waals surface area contributed by atoms with E-state index < -0.39 is 0 Å². The molecule has 2 aliphatic heterocycles. The van der Waals surface area contributed by atoms with Gasteiger partial charge >= 0.3 is 0 Å². The molecule has 1 amide bonds. The highest BCUT2D eigenvalue weighted by atomic mass is 16.7. The zero-order chi connectivity index (χ0) is 22.8. The normalized spacial score (nSPS) is 15.8. The Kier molecular flexibility index (Phi) is 6.02. The third kappa shape index (κ3) is 4.31. The van der Waals surface area contributed by atoms with Crippen molar-refractivity contribution >= 4 is 5.91 Å². The van der Waals surface area contributed by atoms with E-state index >= 15 is 0 Å². The molecule has 2 N–H and O–H groups in total. The van der Waals surface area contributed by atoms with Gasteiger partial charge in [-0.05, 0) is 18.6 Å². The summed E-state index contributed by atoms with van der Waals surface area (Å²) in [5, 5.41) is 17.2. The Morgan fingerprint density at radius 2 is 2.03 bits per heavy atom. The first kappa shape index (κ1) is 21.5. The van der Waals surface area contributed by atoms with Crippen LogP contribution >= 0.6 is 0 Å². The maximum atomic E-state index is 13.2. The highest BCUT2D eigenvalue weighted by molar-refractivity contribution is 5.94. The van der Waals surface area contributed by atoms with E-state index in [4.69, 9.17) is 9.47 Å². The number of benzene rings is 2. The average Bonchev–Trinajstić information content (AvgIpc) is 3.45. The minimum atomic E-state index is -0.196. The van der Waals surface area contributed by atoms with Gasteiger partial charge in [0.2, 0.25) is 6.79 Å². The number of hydrogen-bond donors (Lipinski definition) is 2. The van der Waals surface area contributed by atoms with Gasteiger partial charge in [-0.3, -0.25) is 14.4 Å². The fraction of sp³-hybridized carbons (Fsp3) is 0.360. The minimum absolute atomic E-state index is 0.0210. The zero-order valence-corrected chi connectivity index (χ0v) is 18.7. The Bertz CT molecular complexity index is 1140. The summed E-state index contributed by atoms with van der Waals surface area (Å²) in [6.45, 7) is 4.69. The molecular formula is C25H28N4O4. The fourth-order valence-electron chi connectivity index (χ4n) is 4.59. The van der Waals surface area contributed by atoms with Crippen LogP contribution in [-0.2, 0) is 26.1 Å². The molecule has 8 heteroatoms. The molecule has 0 bridgehead atoms. The smallest absolute Gasteiger partial charge is 0.272 e. The second-order valence-corrected chi connectivity index (χ2v) is 8.44. The predicted octanol–water partition coefficient (Wildman–Crippen LogP) is 2.65. The van der Waals surface area contributed by atoms with Gasteiger partial charge in [0.25, 0.3) is 5.91 Å². The van der Waals surface area contributed by atoms with Crippen LogP contribution in [0.1, 0.15) is 45.8 Å². The Hall–Kier alpha value is -3.36. The lowest BCUT2D eigenvalue weighted by Crippen LogP contribution is -2.33. The first-order chi connectivity index (χ1) is 16.1. The van der Waals surface area contributed by atoms with Crippen molar-refractivity contribution in [1.29, 1.82) is 0 Å². The molecule has 0 unspecified atom stereocenters. The van der Waals surface area contributed by atoms with Crippen molar-refractivity contribution < 1.29 is 19.4 Å². The fourth-order valence-corrected chi connectivity index (χ4v) is 4.59. The van der Waals surface area contributed by atoms with E-state index in [1.54, 1.807) is 4.68 Å². The van der Waals surface area contributed by atoms with Gasteiger partial charge in [-0.15, -0.1) is 0 Å². The van der Waals surface area contributed by atoms with Crippen LogP contribution in [0.4, 0.5) is 0 Å². The molecule has 172 valence electrons. The van der Waals surface area contributed by atoms with E-state index in [0.29, 0.717) is 25.3 Å². The summed E-state index contributed by atoms with van der Waals surface area (Å²) in [6.07, 6.45) is 0.760. The first-order valence-corrected chi connectivity index (χ1v) is 11.3. The molecule has 2 aromatic carbocycles. The van der Waals surface area contributed by atoms with Crippen molar-refractivity contribution in [3.05, 3.63) is 76.6 Å². The quantitative estimate of drug-likeness (QED) is 0.578. The maximum Gasteiger partial charge on any atom is 0.272 e. The molecule has 0 saturated heterocycles. The molecule has 0 saturated carbocycles. The van der Waals surface area contributed by atoms with Crippen LogP contribution in [-0.4, -0.2) is 45.6 Å². The summed E-state index contributed by atoms with van der Waals surface area (Å²) in [5.74, 6) is 1.38. The third-order valence-corrected chi connectivity index (χ3v) is 6.26. The number of aromatic nitrogens is 2. The standard InChI is InChI=1S/C25H28N4O4/c1-17(18-6-3-2-4-7-18)26-25(31)23-20-15-28(11-10-21(20)29(27-23)12-13-30)14-19-8-5-9-22-24(19)33-16-32-22/h2-9,17,30H,10-16H2,1H3,(H,26,31)/t17-/m0/s1. The molecule has 0 aliphatic carbocycles. The molecule has 3 aromatic rings. The second kappa shape index (κ2) is 9.25. The monoisotopic (exact) mass is 448 g/mol. The van der Waals surface area contributed by atoms with Crippen molar-refractivity contribution in [2.24, 2.45) is 0 Å². The summed E-state index contributed by atoms with van der Waals surface area (Å²) in [5.41, 5.74) is 4.49. The summed E-state index contributed by atoms with van der Waals surface area (Å²) < 4.78 is 13.0. The van der Waals surface area contributed by atoms with Gasteiger partial charge in [-0.2, -0.15) is 5.10 Å². The van der Waals surface area contributed by atoms with E-state index in [-0.39, 0.29) is 25.3 Å². The van der Waals surface area contributed by atoms with Gasteiger partial charge < -0.3 is 19.9 Å². The highest BCUT2D eigenvalue weighted by Gasteiger charge is 2.29. The molecule has 0 radical (unpaired) electrons. The molecule has 33 heavy (non-hydrogen) atoms. The SMILES string of the molecule is C[C@H](NC(=O)c1nn(CCO)c2c1CN(Cc1cccc3c1OCO3)CC2)c1ccccc1. The number of nitrogens with one attached hydrogen (secondary N) is 1. The van der Waals surface area contributed by atoms with Crippen molar-refractivity contribution in [3.8, 4) is 11.5 Å². The average molecular weight is 449 g/mol. The van der Waals surface area contributed by atoms with E-state index in [9.17, 15) is 9.90 Å². The molecule has 1 aromatic heterocycles. The summed E-state index contributed by atoms with van der Waals surface area (Å²) in [6, 6.07) is 15.7. The van der Waals surface area contributed by atoms with Crippen LogP contribution in [0, 0.1) is 0 Å². The number of para-hydroxylation sites is 1. The predicted molar refractivity (Wildman–Crippen MR) is 122 cm³/mol. The molecule has 1 atom stereocenters. The summed E-state index contributed by atoms with van der Waals surface area (Å²) in [4.78, 5) is 15.5. The second-order valence-electron chi connectivity index (χ2n) is 8.44. The number of amides is 1. The topological polar surface area (TPSA) is 88.9 Å². The number of carbonyl (C=O) groups excluding carboxylic acids is 1. The number of carbonyl (C=O) groups is 1. The van der Waals surface area contributed by atoms with Crippen molar-refractivity contribution in [2.45, 2.75) is 39.0 Å². The van der Waals surface area contributed by atoms with E-state index in [1.807, 2.05) is 55.5 Å². The van der Waals surface area contributed by atoms with Gasteiger partial charge in [0.1, 0.15) is 0 Å². The van der Waals surface area contributed by atoms with Crippen molar-refractivity contribution in [2.75, 3.05) is 19.9 Å². The summed E-state index contributed by atoms with van der Waals surface area (Å²) >= 11 is 0. The molecule has 8 nitrogen and oxygen atoms in total. The van der Waals surface area contributed by atoms with Crippen LogP contribution in [0.15, 0.2) is 48.5 Å². The molecule has 5 rings (SSSR count). The van der Waals surface area contributed by atoms with Crippen LogP contribution in [0.5, 0.6) is 11.5 Å². The maximum absolute atomic E-state index is 13.2. The lowest BCUT2D eigenvalue weighted by molar-refractivity contribution is 0.0931. The highest BCUT2D eigenvalue weighted by Crippen LogP contribution is 2.36. The number of aliphatic hydroxyl groups is 1. The van der Waals surface area contributed by atoms with Gasteiger partial charge in [0.05, 0.1) is 19.2 Å². The zero-order valence-electron chi connectivity index (χ0n) is 18.7. The summed E-state index contributed by atoms with van der Waals surface area (Å²) in [7, 11) is 0. The Morgan fingerprint density at radius 3 is 2.85 bits per heavy atom. The van der Waals surface area contributed by atoms with Gasteiger partial charge in [-0.25, -0.2) is 0 Å². The van der Waals surface area contributed by atoms with Crippen molar-refractivity contribution in [3.63, 3.8) is 0 Å². The third-order valence-electron chi connectivity index (χ3n) is 6.26. The van der Waals surface area contributed by atoms with Gasteiger partial charge in [0.15, 0.2) is 17.2 Å². The number of nitrogens with zero attached hydrogens (tertiary/aromatic N) is 3. The van der Waals surface area contributed by atoms with E-state index in [2.05, 4.69) is 15.3 Å². The van der Waals surface area contributed by atoms with Crippen LogP contribution < -0.4 is 14.8 Å². The molecule has 0 fully saturated rings. The molecular weight excluding hydrogens is 420 g/mol. The van der Waals surface area contributed by atoms with Crippen LogP contribution in [0.25, 0.3) is 0 Å². The van der Waals surface area contributed by atoms with Gasteiger partial charge in [-0.1, -0.05) is 42.5 Å². The number of aliphatic hydroxyl groups excluding tert-OH is 1. The molecule has 2 aliphatic rings. The minimum Gasteiger partial charge on any atom is -0.454 e. The Balaban J connectivity index is 1.37. The molecule has 3 heterocycles. The Morgan fingerprint density at radius 1 is 1.18 bits per heavy atom. The van der Waals surface area contributed by atoms with E-state index in [1.165, 1.54) is 0 Å². The number of rotatable bonds is 7. The van der Waals surface area contributed by atoms with Gasteiger partial charge in [0, 0.05) is 42.9 Å². The number of ether oxygens (including phenoxy) is 2. The lowest BCUT2D eigenvalue weighted by Gasteiger charge is -2.28. The largest absolute Gasteiger partial charge is 0.454 e. The lowest BCUT2D eigenvalue weighted by atomic mass is 10.0. The molecule has 0 spiro atoms. The first-order valence-electron chi connectivity index (χ1n) is 11.3. The number of fused-ring (bicyclic) bond motifs is 2. The Labute approximate surface area is 192 Å². The van der Waals surface area contributed by atoms with Crippen LogP contribution in [0.2, 0.25) is 0 Å².